The smallest absolute Gasteiger partial charge is 0.0603 e. The fraction of sp³-hybridized carbons (Fsp3) is 0.600. The van der Waals surface area contributed by atoms with Crippen LogP contribution in [-0.4, -0.2) is 10.2 Å². The Kier molecular flexibility index (Phi) is 2.46. The van der Waals surface area contributed by atoms with Crippen LogP contribution < -0.4 is 0 Å². The summed E-state index contributed by atoms with van der Waals surface area (Å²) in [6.07, 6.45) is 2.98. The van der Waals surface area contributed by atoms with E-state index >= 15 is 0 Å². The van der Waals surface area contributed by atoms with E-state index in [0.717, 1.165) is 12.1 Å². The van der Waals surface area contributed by atoms with Gasteiger partial charge in [0.25, 0.3) is 0 Å². The third-order valence-electron chi connectivity index (χ3n) is 2.44. The molecule has 2 heteroatoms. The maximum absolute atomic E-state index is 3.95. The highest BCUT2D eigenvalue weighted by Gasteiger charge is 2.18. The van der Waals surface area contributed by atoms with Crippen molar-refractivity contribution in [2.45, 2.75) is 39.5 Å². The van der Waals surface area contributed by atoms with Gasteiger partial charge in [0.15, 0.2) is 0 Å². The lowest BCUT2D eigenvalue weighted by atomic mass is 9.83. The van der Waals surface area contributed by atoms with E-state index < -0.39 is 0 Å². The van der Waals surface area contributed by atoms with Crippen LogP contribution in [0, 0.1) is 6.92 Å². The van der Waals surface area contributed by atoms with Gasteiger partial charge in [-0.3, -0.25) is 0 Å². The molecule has 12 heavy (non-hydrogen) atoms. The first kappa shape index (κ1) is 9.17. The number of hydrogen-bond donors (Lipinski definition) is 0. The molecule has 0 atom stereocenters. The quantitative estimate of drug-likeness (QED) is 0.671. The zero-order valence-electron chi connectivity index (χ0n) is 8.26. The zero-order chi connectivity index (χ0) is 9.19. The molecule has 1 rings (SSSR count). The second-order valence-electron chi connectivity index (χ2n) is 3.82. The minimum absolute atomic E-state index is 0.223. The summed E-state index contributed by atoms with van der Waals surface area (Å²) >= 11 is 0. The van der Waals surface area contributed by atoms with E-state index in [2.05, 4.69) is 37.0 Å². The average Bonchev–Trinajstić information content (AvgIpc) is 2.05. The van der Waals surface area contributed by atoms with Crippen LogP contribution in [0.15, 0.2) is 12.3 Å². The van der Waals surface area contributed by atoms with Crippen molar-refractivity contribution in [2.24, 2.45) is 0 Å². The first-order valence-corrected chi connectivity index (χ1v) is 4.36. The molecule has 0 unspecified atom stereocenters. The molecule has 66 valence electrons. The molecule has 0 radical (unpaired) electrons. The van der Waals surface area contributed by atoms with Crippen LogP contribution in [0.2, 0.25) is 0 Å². The van der Waals surface area contributed by atoms with Gasteiger partial charge in [0.2, 0.25) is 0 Å². The highest BCUT2D eigenvalue weighted by molar-refractivity contribution is 5.20. The van der Waals surface area contributed by atoms with Crippen LogP contribution in [0.25, 0.3) is 0 Å². The normalized spacial score (nSPS) is 11.7. The Morgan fingerprint density at radius 3 is 2.58 bits per heavy atom. The first-order valence-electron chi connectivity index (χ1n) is 4.36. The van der Waals surface area contributed by atoms with Crippen LogP contribution in [-0.2, 0) is 5.41 Å². The predicted octanol–water partition coefficient (Wildman–Crippen LogP) is 2.47. The first-order chi connectivity index (χ1) is 5.56. The van der Waals surface area contributed by atoms with Gasteiger partial charge >= 0.3 is 0 Å². The molecule has 2 nitrogen and oxygen atoms in total. The summed E-state index contributed by atoms with van der Waals surface area (Å²) in [5.74, 6) is 0. The van der Waals surface area contributed by atoms with Gasteiger partial charge in [-0.15, -0.1) is 0 Å². The lowest BCUT2D eigenvalue weighted by Crippen LogP contribution is -2.16. The van der Waals surface area contributed by atoms with Gasteiger partial charge in [0, 0.05) is 0 Å². The lowest BCUT2D eigenvalue weighted by molar-refractivity contribution is 0.502. The second-order valence-corrected chi connectivity index (χ2v) is 3.82. The van der Waals surface area contributed by atoms with E-state index in [0.29, 0.717) is 0 Å². The summed E-state index contributed by atoms with van der Waals surface area (Å²) in [5, 5.41) is 7.89. The van der Waals surface area contributed by atoms with E-state index in [4.69, 9.17) is 0 Å². The molecule has 0 spiro atoms. The van der Waals surface area contributed by atoms with E-state index in [1.165, 1.54) is 5.56 Å². The topological polar surface area (TPSA) is 25.8 Å². The monoisotopic (exact) mass is 164 g/mol. The summed E-state index contributed by atoms with van der Waals surface area (Å²) in [4.78, 5) is 0. The average molecular weight is 164 g/mol. The molecule has 1 heterocycles. The number of nitrogens with zero attached hydrogens (tertiary/aromatic N) is 2. The zero-order valence-corrected chi connectivity index (χ0v) is 8.26. The minimum Gasteiger partial charge on any atom is -0.159 e. The van der Waals surface area contributed by atoms with Crippen molar-refractivity contribution in [3.8, 4) is 0 Å². The summed E-state index contributed by atoms with van der Waals surface area (Å²) in [5.41, 5.74) is 2.49. The third kappa shape index (κ3) is 1.81. The molecule has 0 N–H and O–H groups in total. The fourth-order valence-electron chi connectivity index (χ4n) is 1.05. The maximum Gasteiger partial charge on any atom is 0.0603 e. The highest BCUT2D eigenvalue weighted by atomic mass is 15.1. The SMILES string of the molecule is CCC(C)(C)c1cnnc(C)c1. The Balaban J connectivity index is 3.03. The van der Waals surface area contributed by atoms with Gasteiger partial charge in [-0.2, -0.15) is 10.2 Å². The third-order valence-corrected chi connectivity index (χ3v) is 2.44. The molecule has 1 aromatic rings. The van der Waals surface area contributed by atoms with Gasteiger partial charge in [-0.05, 0) is 30.4 Å². The largest absolute Gasteiger partial charge is 0.159 e. The Morgan fingerprint density at radius 1 is 1.42 bits per heavy atom. The van der Waals surface area contributed by atoms with E-state index in [1.807, 2.05) is 13.1 Å². The summed E-state index contributed by atoms with van der Waals surface area (Å²) in [6, 6.07) is 2.11. The number of hydrogen-bond acceptors (Lipinski definition) is 2. The van der Waals surface area contributed by atoms with Crippen LogP contribution >= 0.6 is 0 Å². The van der Waals surface area contributed by atoms with Crippen molar-refractivity contribution in [1.29, 1.82) is 0 Å². The molecule has 0 aromatic carbocycles. The molecule has 0 bridgehead atoms. The number of aromatic nitrogens is 2. The maximum atomic E-state index is 3.95. The van der Waals surface area contributed by atoms with Crippen molar-refractivity contribution < 1.29 is 0 Å². The van der Waals surface area contributed by atoms with Crippen LogP contribution in [0.1, 0.15) is 38.4 Å². The molecule has 0 saturated heterocycles. The van der Waals surface area contributed by atoms with Crippen molar-refractivity contribution in [3.63, 3.8) is 0 Å². The number of aryl methyl sites for hydroxylation is 1. The van der Waals surface area contributed by atoms with Gasteiger partial charge in [0.05, 0.1) is 11.9 Å². The van der Waals surface area contributed by atoms with Crippen molar-refractivity contribution in [2.75, 3.05) is 0 Å². The molecule has 0 fully saturated rings. The predicted molar refractivity (Wildman–Crippen MR) is 50.1 cm³/mol. The Labute approximate surface area is 74.0 Å². The Morgan fingerprint density at radius 2 is 2.08 bits per heavy atom. The Bertz CT molecular complexity index is 266. The van der Waals surface area contributed by atoms with Crippen LogP contribution in [0.5, 0.6) is 0 Å². The fourth-order valence-corrected chi connectivity index (χ4v) is 1.05. The molecule has 0 aliphatic heterocycles. The van der Waals surface area contributed by atoms with Gasteiger partial charge in [-0.1, -0.05) is 20.8 Å². The van der Waals surface area contributed by atoms with Crippen LogP contribution in [0.4, 0.5) is 0 Å². The molecule has 0 amide bonds. The molecule has 0 saturated carbocycles. The molecule has 0 aliphatic carbocycles. The Hall–Kier alpha value is -0.920. The lowest BCUT2D eigenvalue weighted by Gasteiger charge is -2.22. The van der Waals surface area contributed by atoms with E-state index in [9.17, 15) is 0 Å². The van der Waals surface area contributed by atoms with Crippen molar-refractivity contribution >= 4 is 0 Å². The number of rotatable bonds is 2. The summed E-state index contributed by atoms with van der Waals surface area (Å²) in [7, 11) is 0. The molecule has 1 aromatic heterocycles. The second kappa shape index (κ2) is 3.21. The van der Waals surface area contributed by atoms with E-state index in [-0.39, 0.29) is 5.41 Å². The van der Waals surface area contributed by atoms with Gasteiger partial charge < -0.3 is 0 Å². The van der Waals surface area contributed by atoms with Crippen LogP contribution in [0.3, 0.4) is 0 Å². The van der Waals surface area contributed by atoms with Crippen molar-refractivity contribution in [1.82, 2.24) is 10.2 Å². The molecule has 0 aliphatic rings. The standard InChI is InChI=1S/C10H16N2/c1-5-10(3,4)9-6-8(2)12-11-7-9/h6-7H,5H2,1-4H3. The highest BCUT2D eigenvalue weighted by Crippen LogP contribution is 2.25. The molecular formula is C10H16N2. The van der Waals surface area contributed by atoms with E-state index in [1.54, 1.807) is 0 Å². The van der Waals surface area contributed by atoms with Crippen molar-refractivity contribution in [3.05, 3.63) is 23.5 Å². The minimum atomic E-state index is 0.223. The molecular weight excluding hydrogens is 148 g/mol. The van der Waals surface area contributed by atoms with Gasteiger partial charge in [0.1, 0.15) is 0 Å². The summed E-state index contributed by atoms with van der Waals surface area (Å²) in [6.45, 7) is 8.62. The summed E-state index contributed by atoms with van der Waals surface area (Å²) < 4.78 is 0. The van der Waals surface area contributed by atoms with Gasteiger partial charge in [-0.25, -0.2) is 0 Å².